The molecule has 25 heavy (non-hydrogen) atoms. The van der Waals surface area contributed by atoms with Crippen LogP contribution >= 0.6 is 0 Å². The molecule has 0 N–H and O–H groups in total. The van der Waals surface area contributed by atoms with E-state index in [-0.39, 0.29) is 6.04 Å². The summed E-state index contributed by atoms with van der Waals surface area (Å²) in [6.07, 6.45) is 4.71. The van der Waals surface area contributed by atoms with Crippen molar-refractivity contribution in [2.75, 3.05) is 20.1 Å². The molecule has 0 spiro atoms. The standard InChI is InChI=1S/C17H26N6O2/c1-11(16-18-12(2)20-24-16)22(3)14-5-4-8-23(9-14)10-15-19-17(25-21-15)13-6-7-13/h11,13-14H,4-10H2,1-3H3/t11-,14+/m0/s1. The zero-order valence-corrected chi connectivity index (χ0v) is 15.2. The molecule has 136 valence electrons. The molecule has 8 heteroatoms. The zero-order chi connectivity index (χ0) is 17.4. The third kappa shape index (κ3) is 3.74. The molecule has 2 fully saturated rings. The molecule has 3 heterocycles. The maximum absolute atomic E-state index is 5.38. The number of hydrogen-bond acceptors (Lipinski definition) is 8. The molecule has 0 bridgehead atoms. The molecule has 2 aromatic heterocycles. The molecule has 2 aromatic rings. The highest BCUT2D eigenvalue weighted by molar-refractivity contribution is 5.02. The fourth-order valence-corrected chi connectivity index (χ4v) is 3.51. The molecule has 1 aliphatic heterocycles. The Morgan fingerprint density at radius 3 is 2.76 bits per heavy atom. The van der Waals surface area contributed by atoms with E-state index < -0.39 is 0 Å². The van der Waals surface area contributed by atoms with Gasteiger partial charge in [0.15, 0.2) is 11.6 Å². The van der Waals surface area contributed by atoms with Crippen LogP contribution in [0.15, 0.2) is 9.05 Å². The summed E-state index contributed by atoms with van der Waals surface area (Å²) < 4.78 is 10.7. The highest BCUT2D eigenvalue weighted by Gasteiger charge is 2.31. The van der Waals surface area contributed by atoms with Crippen LogP contribution in [0.25, 0.3) is 0 Å². The minimum absolute atomic E-state index is 0.109. The van der Waals surface area contributed by atoms with Crippen LogP contribution < -0.4 is 0 Å². The second kappa shape index (κ2) is 6.84. The summed E-state index contributed by atoms with van der Waals surface area (Å²) in [7, 11) is 2.14. The molecule has 1 saturated heterocycles. The van der Waals surface area contributed by atoms with Gasteiger partial charge in [-0.3, -0.25) is 9.80 Å². The van der Waals surface area contributed by atoms with Gasteiger partial charge < -0.3 is 9.05 Å². The van der Waals surface area contributed by atoms with E-state index in [0.717, 1.165) is 37.8 Å². The molecule has 0 amide bonds. The molecule has 1 saturated carbocycles. The van der Waals surface area contributed by atoms with E-state index in [1.807, 2.05) is 6.92 Å². The van der Waals surface area contributed by atoms with Gasteiger partial charge in [-0.25, -0.2) is 0 Å². The first-order chi connectivity index (χ1) is 12.1. The van der Waals surface area contributed by atoms with Crippen molar-refractivity contribution in [3.63, 3.8) is 0 Å². The zero-order valence-electron chi connectivity index (χ0n) is 15.2. The molecule has 0 unspecified atom stereocenters. The van der Waals surface area contributed by atoms with Gasteiger partial charge in [-0.2, -0.15) is 9.97 Å². The Morgan fingerprint density at radius 1 is 1.20 bits per heavy atom. The van der Waals surface area contributed by atoms with Gasteiger partial charge in [-0.05, 0) is 53.1 Å². The van der Waals surface area contributed by atoms with Crippen LogP contribution in [0, 0.1) is 6.92 Å². The number of rotatable bonds is 6. The molecular weight excluding hydrogens is 320 g/mol. The molecule has 0 aromatic carbocycles. The highest BCUT2D eigenvalue weighted by Crippen LogP contribution is 2.38. The van der Waals surface area contributed by atoms with Crippen LogP contribution in [0.3, 0.4) is 0 Å². The number of nitrogens with zero attached hydrogens (tertiary/aromatic N) is 6. The lowest BCUT2D eigenvalue weighted by Crippen LogP contribution is -2.47. The Balaban J connectivity index is 1.36. The van der Waals surface area contributed by atoms with Gasteiger partial charge in [0.1, 0.15) is 0 Å². The lowest BCUT2D eigenvalue weighted by molar-refractivity contribution is 0.0744. The van der Waals surface area contributed by atoms with E-state index in [1.165, 1.54) is 19.3 Å². The molecule has 1 aliphatic carbocycles. The normalized spacial score (nSPS) is 23.3. The monoisotopic (exact) mass is 346 g/mol. The van der Waals surface area contributed by atoms with E-state index in [4.69, 9.17) is 9.05 Å². The maximum Gasteiger partial charge on any atom is 0.243 e. The van der Waals surface area contributed by atoms with Gasteiger partial charge >= 0.3 is 0 Å². The molecule has 2 atom stereocenters. The minimum atomic E-state index is 0.109. The fraction of sp³-hybridized carbons (Fsp3) is 0.765. The van der Waals surface area contributed by atoms with E-state index in [0.29, 0.717) is 23.7 Å². The van der Waals surface area contributed by atoms with Crippen molar-refractivity contribution in [2.24, 2.45) is 0 Å². The van der Waals surface area contributed by atoms with Crippen LogP contribution in [0.1, 0.15) is 68.0 Å². The van der Waals surface area contributed by atoms with Gasteiger partial charge in [0.05, 0.1) is 12.6 Å². The lowest BCUT2D eigenvalue weighted by Gasteiger charge is -2.38. The first kappa shape index (κ1) is 16.7. The van der Waals surface area contributed by atoms with Crippen LogP contribution in [0.4, 0.5) is 0 Å². The number of likely N-dealkylation sites (tertiary alicyclic amines) is 1. The van der Waals surface area contributed by atoms with Crippen LogP contribution in [-0.4, -0.2) is 56.3 Å². The Kier molecular flexibility index (Phi) is 4.56. The van der Waals surface area contributed by atoms with Gasteiger partial charge in [0, 0.05) is 18.5 Å². The van der Waals surface area contributed by atoms with Crippen molar-refractivity contribution >= 4 is 0 Å². The summed E-state index contributed by atoms with van der Waals surface area (Å²) in [4.78, 5) is 13.7. The van der Waals surface area contributed by atoms with Gasteiger partial charge in [-0.1, -0.05) is 10.3 Å². The van der Waals surface area contributed by atoms with Crippen molar-refractivity contribution in [1.29, 1.82) is 0 Å². The Labute approximate surface area is 147 Å². The number of aromatic nitrogens is 4. The van der Waals surface area contributed by atoms with Crippen molar-refractivity contribution < 1.29 is 9.05 Å². The number of hydrogen-bond donors (Lipinski definition) is 0. The third-order valence-corrected chi connectivity index (χ3v) is 5.34. The highest BCUT2D eigenvalue weighted by atomic mass is 16.5. The Bertz CT molecular complexity index is 710. The van der Waals surface area contributed by atoms with E-state index in [2.05, 4.69) is 44.1 Å². The van der Waals surface area contributed by atoms with Crippen LogP contribution in [0.2, 0.25) is 0 Å². The summed E-state index contributed by atoms with van der Waals surface area (Å²) in [5.74, 6) is 3.51. The van der Waals surface area contributed by atoms with Crippen LogP contribution in [-0.2, 0) is 6.54 Å². The predicted molar refractivity (Wildman–Crippen MR) is 89.8 cm³/mol. The van der Waals surface area contributed by atoms with Crippen molar-refractivity contribution in [3.05, 3.63) is 23.4 Å². The molecular formula is C17H26N6O2. The second-order valence-electron chi connectivity index (χ2n) is 7.38. The lowest BCUT2D eigenvalue weighted by atomic mass is 10.0. The largest absolute Gasteiger partial charge is 0.339 e. The van der Waals surface area contributed by atoms with Gasteiger partial charge in [0.2, 0.25) is 11.8 Å². The summed E-state index contributed by atoms with van der Waals surface area (Å²) in [6.45, 7) is 6.79. The topological polar surface area (TPSA) is 84.3 Å². The minimum Gasteiger partial charge on any atom is -0.339 e. The molecule has 4 rings (SSSR count). The Morgan fingerprint density at radius 2 is 2.04 bits per heavy atom. The summed E-state index contributed by atoms with van der Waals surface area (Å²) in [6, 6.07) is 0.559. The quantitative estimate of drug-likeness (QED) is 0.788. The number of likely N-dealkylation sites (N-methyl/N-ethyl adjacent to an activating group) is 1. The summed E-state index contributed by atoms with van der Waals surface area (Å²) in [5, 5.41) is 8.06. The van der Waals surface area contributed by atoms with Crippen molar-refractivity contribution in [2.45, 2.75) is 64.1 Å². The molecule has 0 radical (unpaired) electrons. The Hall–Kier alpha value is -1.80. The maximum atomic E-state index is 5.38. The molecule has 8 nitrogen and oxygen atoms in total. The average molecular weight is 346 g/mol. The van der Waals surface area contributed by atoms with Crippen molar-refractivity contribution in [3.8, 4) is 0 Å². The predicted octanol–water partition coefficient (Wildman–Crippen LogP) is 2.30. The fourth-order valence-electron chi connectivity index (χ4n) is 3.51. The average Bonchev–Trinajstić information content (AvgIpc) is 3.22. The van der Waals surface area contributed by atoms with Gasteiger partial charge in [0.25, 0.3) is 0 Å². The summed E-state index contributed by atoms with van der Waals surface area (Å²) >= 11 is 0. The SMILES string of the molecule is Cc1noc([C@H](C)N(C)[C@@H]2CCCN(Cc3noc(C4CC4)n3)C2)n1. The second-order valence-corrected chi connectivity index (χ2v) is 7.38. The third-order valence-electron chi connectivity index (χ3n) is 5.34. The van der Waals surface area contributed by atoms with E-state index in [1.54, 1.807) is 0 Å². The first-order valence-electron chi connectivity index (χ1n) is 9.17. The molecule has 2 aliphatic rings. The number of piperidine rings is 1. The van der Waals surface area contributed by atoms with E-state index >= 15 is 0 Å². The first-order valence-corrected chi connectivity index (χ1v) is 9.17. The summed E-state index contributed by atoms with van der Waals surface area (Å²) in [5.41, 5.74) is 0. The smallest absolute Gasteiger partial charge is 0.243 e. The van der Waals surface area contributed by atoms with Crippen LogP contribution in [0.5, 0.6) is 0 Å². The van der Waals surface area contributed by atoms with E-state index in [9.17, 15) is 0 Å². The van der Waals surface area contributed by atoms with Crippen molar-refractivity contribution in [1.82, 2.24) is 30.1 Å². The van der Waals surface area contributed by atoms with Gasteiger partial charge in [-0.15, -0.1) is 0 Å². The number of aryl methyl sites for hydroxylation is 1.